The fraction of sp³-hybridized carbons (Fsp3) is 0.188. The van der Waals surface area contributed by atoms with Crippen LogP contribution in [-0.2, 0) is 0 Å². The maximum Gasteiger partial charge on any atom is 0.273 e. The first kappa shape index (κ1) is 15.5. The van der Waals surface area contributed by atoms with Crippen molar-refractivity contribution in [2.75, 3.05) is 13.2 Å². The van der Waals surface area contributed by atoms with Gasteiger partial charge in [-0.15, -0.1) is 0 Å². The highest BCUT2D eigenvalue weighted by atomic mass is 16.6. The standard InChI is InChI=1S/C16H15NO5/c1-12(18)15-7-2-3-8-16(15)22-10-9-21-14-6-4-5-13(11-14)17(19)20/h2-8,11H,9-10H2,1H3. The first-order chi connectivity index (χ1) is 10.6. The summed E-state index contributed by atoms with van der Waals surface area (Å²) < 4.78 is 10.9. The van der Waals surface area contributed by atoms with E-state index in [1.807, 2.05) is 0 Å². The van der Waals surface area contributed by atoms with Crippen LogP contribution in [0.5, 0.6) is 11.5 Å². The zero-order valence-corrected chi connectivity index (χ0v) is 12.0. The summed E-state index contributed by atoms with van der Waals surface area (Å²) in [6.45, 7) is 1.92. The summed E-state index contributed by atoms with van der Waals surface area (Å²) in [5, 5.41) is 10.7. The number of Topliss-reactive ketones (excluding diaryl/α,β-unsaturated/α-hetero) is 1. The van der Waals surface area contributed by atoms with Crippen LogP contribution in [0.3, 0.4) is 0 Å². The van der Waals surface area contributed by atoms with E-state index in [0.717, 1.165) is 0 Å². The molecule has 114 valence electrons. The molecule has 2 aromatic carbocycles. The number of benzene rings is 2. The SMILES string of the molecule is CC(=O)c1ccccc1OCCOc1cccc([N+](=O)[O-])c1. The minimum atomic E-state index is -0.480. The molecule has 0 N–H and O–H groups in total. The molecule has 0 radical (unpaired) electrons. The Kier molecular flexibility index (Phi) is 5.08. The topological polar surface area (TPSA) is 78.7 Å². The second-order valence-electron chi connectivity index (χ2n) is 4.50. The fourth-order valence-corrected chi connectivity index (χ4v) is 1.88. The predicted octanol–water partition coefficient (Wildman–Crippen LogP) is 3.26. The molecule has 0 heterocycles. The Morgan fingerprint density at radius 3 is 2.55 bits per heavy atom. The molecular formula is C16H15NO5. The van der Waals surface area contributed by atoms with Crippen LogP contribution in [-0.4, -0.2) is 23.9 Å². The third kappa shape index (κ3) is 4.05. The molecule has 22 heavy (non-hydrogen) atoms. The lowest BCUT2D eigenvalue weighted by Crippen LogP contribution is -2.10. The molecule has 0 saturated carbocycles. The molecule has 0 bridgehead atoms. The number of carbonyl (C=O) groups is 1. The van der Waals surface area contributed by atoms with Crippen LogP contribution in [0.25, 0.3) is 0 Å². The van der Waals surface area contributed by atoms with Crippen LogP contribution in [0.4, 0.5) is 5.69 Å². The quantitative estimate of drug-likeness (QED) is 0.339. The number of nitro benzene ring substituents is 1. The molecule has 0 fully saturated rings. The maximum atomic E-state index is 11.4. The Bertz CT molecular complexity index is 684. The third-order valence-electron chi connectivity index (χ3n) is 2.90. The van der Waals surface area contributed by atoms with E-state index >= 15 is 0 Å². The molecule has 2 rings (SSSR count). The van der Waals surface area contributed by atoms with Crippen molar-refractivity contribution in [3.8, 4) is 11.5 Å². The van der Waals surface area contributed by atoms with Crippen molar-refractivity contribution >= 4 is 11.5 Å². The van der Waals surface area contributed by atoms with Gasteiger partial charge in [-0.3, -0.25) is 14.9 Å². The lowest BCUT2D eigenvalue weighted by Gasteiger charge is -2.10. The molecule has 0 spiro atoms. The molecular weight excluding hydrogens is 286 g/mol. The van der Waals surface area contributed by atoms with Gasteiger partial charge in [-0.1, -0.05) is 18.2 Å². The Morgan fingerprint density at radius 2 is 1.82 bits per heavy atom. The maximum absolute atomic E-state index is 11.4. The smallest absolute Gasteiger partial charge is 0.273 e. The Balaban J connectivity index is 1.89. The molecule has 0 aliphatic heterocycles. The van der Waals surface area contributed by atoms with Crippen molar-refractivity contribution in [1.82, 2.24) is 0 Å². The number of hydrogen-bond donors (Lipinski definition) is 0. The predicted molar refractivity (Wildman–Crippen MR) is 80.5 cm³/mol. The van der Waals surface area contributed by atoms with Gasteiger partial charge in [-0.2, -0.15) is 0 Å². The summed E-state index contributed by atoms with van der Waals surface area (Å²) in [6.07, 6.45) is 0. The van der Waals surface area contributed by atoms with E-state index in [1.165, 1.54) is 19.1 Å². The summed E-state index contributed by atoms with van der Waals surface area (Å²) in [5.41, 5.74) is 0.484. The summed E-state index contributed by atoms with van der Waals surface area (Å²) in [4.78, 5) is 21.6. The summed E-state index contributed by atoms with van der Waals surface area (Å²) in [6, 6.07) is 12.9. The third-order valence-corrected chi connectivity index (χ3v) is 2.90. The average Bonchev–Trinajstić information content (AvgIpc) is 2.52. The van der Waals surface area contributed by atoms with Gasteiger partial charge >= 0.3 is 0 Å². The van der Waals surface area contributed by atoms with Gasteiger partial charge in [0.25, 0.3) is 5.69 Å². The number of nitrogens with zero attached hydrogens (tertiary/aromatic N) is 1. The lowest BCUT2D eigenvalue weighted by molar-refractivity contribution is -0.384. The molecule has 0 amide bonds. The van der Waals surface area contributed by atoms with Gasteiger partial charge in [0.15, 0.2) is 5.78 Å². The van der Waals surface area contributed by atoms with Gasteiger partial charge < -0.3 is 9.47 Å². The number of rotatable bonds is 7. The molecule has 0 atom stereocenters. The van der Waals surface area contributed by atoms with E-state index in [1.54, 1.807) is 36.4 Å². The van der Waals surface area contributed by atoms with E-state index in [0.29, 0.717) is 17.1 Å². The first-order valence-corrected chi connectivity index (χ1v) is 6.68. The van der Waals surface area contributed by atoms with E-state index in [9.17, 15) is 14.9 Å². The van der Waals surface area contributed by atoms with Crippen molar-refractivity contribution in [3.63, 3.8) is 0 Å². The Labute approximate surface area is 127 Å². The monoisotopic (exact) mass is 301 g/mol. The van der Waals surface area contributed by atoms with E-state index in [4.69, 9.17) is 9.47 Å². The molecule has 0 aromatic heterocycles. The van der Waals surface area contributed by atoms with Crippen molar-refractivity contribution in [2.24, 2.45) is 0 Å². The van der Waals surface area contributed by atoms with Crippen molar-refractivity contribution in [1.29, 1.82) is 0 Å². The van der Waals surface area contributed by atoms with Gasteiger partial charge in [0.2, 0.25) is 0 Å². The number of nitro groups is 1. The van der Waals surface area contributed by atoms with Crippen LogP contribution < -0.4 is 9.47 Å². The highest BCUT2D eigenvalue weighted by Gasteiger charge is 2.08. The first-order valence-electron chi connectivity index (χ1n) is 6.68. The van der Waals surface area contributed by atoms with Crippen LogP contribution >= 0.6 is 0 Å². The van der Waals surface area contributed by atoms with Gasteiger partial charge in [-0.25, -0.2) is 0 Å². The largest absolute Gasteiger partial charge is 0.490 e. The Hall–Kier alpha value is -2.89. The number of ether oxygens (including phenoxy) is 2. The number of carbonyl (C=O) groups excluding carboxylic acids is 1. The summed E-state index contributed by atoms with van der Waals surface area (Å²) in [7, 11) is 0. The van der Waals surface area contributed by atoms with Crippen LogP contribution in [0.1, 0.15) is 17.3 Å². The van der Waals surface area contributed by atoms with Crippen LogP contribution in [0.15, 0.2) is 48.5 Å². The lowest BCUT2D eigenvalue weighted by atomic mass is 10.1. The van der Waals surface area contributed by atoms with Crippen molar-refractivity contribution in [2.45, 2.75) is 6.92 Å². The van der Waals surface area contributed by atoms with Gasteiger partial charge in [0.1, 0.15) is 24.7 Å². The highest BCUT2D eigenvalue weighted by molar-refractivity contribution is 5.96. The van der Waals surface area contributed by atoms with E-state index in [2.05, 4.69) is 0 Å². The van der Waals surface area contributed by atoms with Crippen LogP contribution in [0, 0.1) is 10.1 Å². The van der Waals surface area contributed by atoms with Gasteiger partial charge in [0.05, 0.1) is 16.6 Å². The highest BCUT2D eigenvalue weighted by Crippen LogP contribution is 2.20. The van der Waals surface area contributed by atoms with Crippen molar-refractivity contribution in [3.05, 3.63) is 64.2 Å². The van der Waals surface area contributed by atoms with E-state index < -0.39 is 4.92 Å². The molecule has 2 aromatic rings. The summed E-state index contributed by atoms with van der Waals surface area (Å²) >= 11 is 0. The number of ketones is 1. The summed E-state index contributed by atoms with van der Waals surface area (Å²) in [5.74, 6) is 0.825. The zero-order valence-electron chi connectivity index (χ0n) is 12.0. The Morgan fingerprint density at radius 1 is 1.09 bits per heavy atom. The second kappa shape index (κ2) is 7.21. The molecule has 0 unspecified atom stereocenters. The minimum absolute atomic E-state index is 0.0275. The zero-order chi connectivity index (χ0) is 15.9. The average molecular weight is 301 g/mol. The normalized spacial score (nSPS) is 10.0. The number of hydrogen-bond acceptors (Lipinski definition) is 5. The number of non-ortho nitro benzene ring substituents is 1. The molecule has 0 aliphatic rings. The van der Waals surface area contributed by atoms with Gasteiger partial charge in [-0.05, 0) is 25.1 Å². The minimum Gasteiger partial charge on any atom is -0.490 e. The second-order valence-corrected chi connectivity index (χ2v) is 4.50. The number of para-hydroxylation sites is 1. The van der Waals surface area contributed by atoms with Crippen molar-refractivity contribution < 1.29 is 19.2 Å². The van der Waals surface area contributed by atoms with E-state index in [-0.39, 0.29) is 24.7 Å². The fourth-order valence-electron chi connectivity index (χ4n) is 1.88. The van der Waals surface area contributed by atoms with Crippen LogP contribution in [0.2, 0.25) is 0 Å². The van der Waals surface area contributed by atoms with Gasteiger partial charge in [0, 0.05) is 6.07 Å². The molecule has 6 nitrogen and oxygen atoms in total. The molecule has 6 heteroatoms. The molecule has 0 saturated heterocycles. The molecule has 0 aliphatic carbocycles.